The lowest BCUT2D eigenvalue weighted by Gasteiger charge is -2.14. The number of hydrogen-bond acceptors (Lipinski definition) is 4. The summed E-state index contributed by atoms with van der Waals surface area (Å²) in [5.74, 6) is -0.757. The molecule has 0 saturated heterocycles. The zero-order valence-electron chi connectivity index (χ0n) is 9.46. The molecule has 0 fully saturated rings. The van der Waals surface area contributed by atoms with Crippen LogP contribution in [-0.4, -0.2) is 26.5 Å². The summed E-state index contributed by atoms with van der Waals surface area (Å²) in [7, 11) is 2.73. The molecule has 0 aliphatic carbocycles. The zero-order chi connectivity index (χ0) is 12.3. The fraction of sp³-hybridized carbons (Fsp3) is 0.364. The third kappa shape index (κ3) is 1.99. The van der Waals surface area contributed by atoms with E-state index < -0.39 is 5.82 Å². The first-order chi connectivity index (χ1) is 7.56. The highest BCUT2D eigenvalue weighted by atomic mass is 19.1. The maximum absolute atomic E-state index is 13.6. The van der Waals surface area contributed by atoms with E-state index >= 15 is 0 Å². The Morgan fingerprint density at radius 3 is 2.38 bits per heavy atom. The van der Waals surface area contributed by atoms with E-state index in [1.807, 2.05) is 0 Å². The predicted molar refractivity (Wildman–Crippen MR) is 57.6 cm³/mol. The van der Waals surface area contributed by atoms with E-state index in [0.717, 1.165) is 6.07 Å². The van der Waals surface area contributed by atoms with Gasteiger partial charge < -0.3 is 15.2 Å². The van der Waals surface area contributed by atoms with Gasteiger partial charge in [-0.2, -0.15) is 0 Å². The molecule has 1 aromatic carbocycles. The Kier molecular flexibility index (Phi) is 3.84. The van der Waals surface area contributed by atoms with E-state index in [4.69, 9.17) is 15.2 Å². The molecule has 0 bridgehead atoms. The SMILES string of the molecule is COc1c(F)cc(C(=O)CN)c(C)c1OC. The van der Waals surface area contributed by atoms with Crippen LogP contribution in [0.4, 0.5) is 4.39 Å². The Morgan fingerprint density at radius 1 is 1.38 bits per heavy atom. The standard InChI is InChI=1S/C11H14FNO3/c1-6-7(9(14)5-13)4-8(12)11(16-3)10(6)15-2/h4H,5,13H2,1-3H3. The summed E-state index contributed by atoms with van der Waals surface area (Å²) < 4.78 is 23.5. The van der Waals surface area contributed by atoms with Crippen LogP contribution in [-0.2, 0) is 0 Å². The molecule has 5 heteroatoms. The van der Waals surface area contributed by atoms with Crippen molar-refractivity contribution in [1.29, 1.82) is 0 Å². The molecule has 1 rings (SSSR count). The smallest absolute Gasteiger partial charge is 0.197 e. The molecule has 88 valence electrons. The molecule has 0 aromatic heterocycles. The maximum Gasteiger partial charge on any atom is 0.197 e. The van der Waals surface area contributed by atoms with Crippen molar-refractivity contribution in [2.24, 2.45) is 5.73 Å². The summed E-state index contributed by atoms with van der Waals surface area (Å²) in [4.78, 5) is 11.5. The van der Waals surface area contributed by atoms with Gasteiger partial charge in [0, 0.05) is 11.1 Å². The van der Waals surface area contributed by atoms with Crippen LogP contribution in [0.5, 0.6) is 11.5 Å². The fourth-order valence-electron chi connectivity index (χ4n) is 1.54. The molecule has 1 aromatic rings. The van der Waals surface area contributed by atoms with Gasteiger partial charge in [-0.15, -0.1) is 0 Å². The van der Waals surface area contributed by atoms with Crippen LogP contribution in [0.15, 0.2) is 6.07 Å². The van der Waals surface area contributed by atoms with Gasteiger partial charge in [-0.3, -0.25) is 4.79 Å². The number of methoxy groups -OCH3 is 2. The minimum absolute atomic E-state index is 0.00595. The minimum Gasteiger partial charge on any atom is -0.492 e. The molecular formula is C11H14FNO3. The van der Waals surface area contributed by atoms with Gasteiger partial charge in [0.1, 0.15) is 0 Å². The Balaban J connectivity index is 3.45. The van der Waals surface area contributed by atoms with E-state index in [2.05, 4.69) is 0 Å². The molecule has 0 aliphatic heterocycles. The summed E-state index contributed by atoms with van der Waals surface area (Å²) in [6, 6.07) is 1.12. The summed E-state index contributed by atoms with van der Waals surface area (Å²) in [6.07, 6.45) is 0. The molecular weight excluding hydrogens is 213 g/mol. The summed E-state index contributed by atoms with van der Waals surface area (Å²) in [5.41, 5.74) is 5.99. The first-order valence-electron chi connectivity index (χ1n) is 4.71. The normalized spacial score (nSPS) is 10.1. The minimum atomic E-state index is -0.637. The van der Waals surface area contributed by atoms with Gasteiger partial charge in [0.05, 0.1) is 20.8 Å². The van der Waals surface area contributed by atoms with Gasteiger partial charge in [-0.25, -0.2) is 4.39 Å². The Hall–Kier alpha value is -1.62. The van der Waals surface area contributed by atoms with Crippen LogP contribution >= 0.6 is 0 Å². The van der Waals surface area contributed by atoms with Crippen molar-refractivity contribution in [3.63, 3.8) is 0 Å². The lowest BCUT2D eigenvalue weighted by atomic mass is 10.0. The van der Waals surface area contributed by atoms with E-state index in [1.54, 1.807) is 6.92 Å². The molecule has 2 N–H and O–H groups in total. The molecule has 4 nitrogen and oxygen atoms in total. The highest BCUT2D eigenvalue weighted by molar-refractivity contribution is 5.99. The van der Waals surface area contributed by atoms with Crippen LogP contribution in [0.3, 0.4) is 0 Å². The lowest BCUT2D eigenvalue weighted by Crippen LogP contribution is -2.16. The number of rotatable bonds is 4. The first-order valence-corrected chi connectivity index (χ1v) is 4.71. The van der Waals surface area contributed by atoms with E-state index in [1.165, 1.54) is 14.2 Å². The van der Waals surface area contributed by atoms with Gasteiger partial charge in [-0.1, -0.05) is 0 Å². The third-order valence-corrected chi connectivity index (χ3v) is 2.33. The van der Waals surface area contributed by atoms with Crippen molar-refractivity contribution in [3.8, 4) is 11.5 Å². The van der Waals surface area contributed by atoms with Gasteiger partial charge in [0.2, 0.25) is 0 Å². The topological polar surface area (TPSA) is 61.5 Å². The van der Waals surface area contributed by atoms with Gasteiger partial charge >= 0.3 is 0 Å². The van der Waals surface area contributed by atoms with Crippen LogP contribution in [0, 0.1) is 12.7 Å². The molecule has 0 amide bonds. The second kappa shape index (κ2) is 4.94. The lowest BCUT2D eigenvalue weighted by molar-refractivity contribution is 0.1000. The van der Waals surface area contributed by atoms with Crippen molar-refractivity contribution in [2.75, 3.05) is 20.8 Å². The largest absolute Gasteiger partial charge is 0.492 e. The second-order valence-electron chi connectivity index (χ2n) is 3.22. The highest BCUT2D eigenvalue weighted by Crippen LogP contribution is 2.35. The number of Topliss-reactive ketones (excluding diaryl/α,β-unsaturated/α-hetero) is 1. The molecule has 0 saturated carbocycles. The number of ketones is 1. The third-order valence-electron chi connectivity index (χ3n) is 2.33. The van der Waals surface area contributed by atoms with Crippen molar-refractivity contribution >= 4 is 5.78 Å². The van der Waals surface area contributed by atoms with Crippen LogP contribution in [0.25, 0.3) is 0 Å². The average Bonchev–Trinajstić information content (AvgIpc) is 2.29. The molecule has 0 atom stereocenters. The van der Waals surface area contributed by atoms with Crippen molar-refractivity contribution < 1.29 is 18.7 Å². The monoisotopic (exact) mass is 227 g/mol. The Bertz CT molecular complexity index is 418. The van der Waals surface area contributed by atoms with Gasteiger partial charge in [0.15, 0.2) is 23.1 Å². The zero-order valence-corrected chi connectivity index (χ0v) is 9.46. The summed E-state index contributed by atoms with van der Waals surface area (Å²) in [5, 5.41) is 0. The van der Waals surface area contributed by atoms with Crippen molar-refractivity contribution in [3.05, 3.63) is 23.0 Å². The number of carbonyl (C=O) groups is 1. The van der Waals surface area contributed by atoms with Gasteiger partial charge in [0.25, 0.3) is 0 Å². The Morgan fingerprint density at radius 2 is 1.94 bits per heavy atom. The first kappa shape index (κ1) is 12.4. The molecule has 0 spiro atoms. The highest BCUT2D eigenvalue weighted by Gasteiger charge is 2.20. The maximum atomic E-state index is 13.6. The van der Waals surface area contributed by atoms with Gasteiger partial charge in [-0.05, 0) is 13.0 Å². The molecule has 0 unspecified atom stereocenters. The van der Waals surface area contributed by atoms with Crippen LogP contribution in [0.1, 0.15) is 15.9 Å². The number of halogens is 1. The number of nitrogens with two attached hydrogens (primary N) is 1. The van der Waals surface area contributed by atoms with Crippen molar-refractivity contribution in [2.45, 2.75) is 6.92 Å². The number of ether oxygens (including phenoxy) is 2. The van der Waals surface area contributed by atoms with Crippen LogP contribution in [0.2, 0.25) is 0 Å². The second-order valence-corrected chi connectivity index (χ2v) is 3.22. The average molecular weight is 227 g/mol. The van der Waals surface area contributed by atoms with Crippen molar-refractivity contribution in [1.82, 2.24) is 0 Å². The number of benzene rings is 1. The van der Waals surface area contributed by atoms with E-state index in [-0.39, 0.29) is 29.4 Å². The molecule has 0 aliphatic rings. The van der Waals surface area contributed by atoms with E-state index in [9.17, 15) is 9.18 Å². The predicted octanol–water partition coefficient (Wildman–Crippen LogP) is 1.29. The molecule has 16 heavy (non-hydrogen) atoms. The molecule has 0 heterocycles. The summed E-state index contributed by atoms with van der Waals surface area (Å²) in [6.45, 7) is 1.49. The quantitative estimate of drug-likeness (QED) is 0.787. The van der Waals surface area contributed by atoms with Crippen LogP contribution < -0.4 is 15.2 Å². The molecule has 0 radical (unpaired) electrons. The Labute approximate surface area is 93.2 Å². The number of hydrogen-bond donors (Lipinski definition) is 1. The fourth-order valence-corrected chi connectivity index (χ4v) is 1.54. The number of carbonyl (C=O) groups excluding carboxylic acids is 1. The summed E-state index contributed by atoms with van der Waals surface area (Å²) >= 11 is 0. The van der Waals surface area contributed by atoms with E-state index in [0.29, 0.717) is 5.56 Å².